The molecule has 0 aliphatic rings. The smallest absolute Gasteiger partial charge is 0.219 e. The van der Waals surface area contributed by atoms with Gasteiger partial charge >= 0.3 is 0 Å². The highest BCUT2D eigenvalue weighted by atomic mass is 16.8. The molecule has 0 fully saturated rings. The van der Waals surface area contributed by atoms with Crippen molar-refractivity contribution in [1.82, 2.24) is 10.5 Å². The number of amides is 1. The molecule has 3 N–H and O–H groups in total. The van der Waals surface area contributed by atoms with Crippen LogP contribution in [0.5, 0.6) is 0 Å². The third-order valence-electron chi connectivity index (χ3n) is 4.86. The lowest BCUT2D eigenvalue weighted by molar-refractivity contribution is -0.306. The highest BCUT2D eigenvalue weighted by Crippen LogP contribution is 2.12. The number of hydroxylamine groups is 2. The van der Waals surface area contributed by atoms with Crippen molar-refractivity contribution in [2.45, 2.75) is 116 Å². The Hall–Kier alpha value is -0.650. The van der Waals surface area contributed by atoms with Crippen molar-refractivity contribution in [3.63, 3.8) is 0 Å². The van der Waals surface area contributed by atoms with Crippen LogP contribution in [0.25, 0.3) is 0 Å². The van der Waals surface area contributed by atoms with Gasteiger partial charge in [0.15, 0.2) is 0 Å². The van der Waals surface area contributed by atoms with Gasteiger partial charge in [-0.05, 0) is 19.3 Å². The summed E-state index contributed by atoms with van der Waals surface area (Å²) in [7, 11) is 0. The van der Waals surface area contributed by atoms with Crippen LogP contribution in [0, 0.1) is 0 Å². The zero-order valence-electron chi connectivity index (χ0n) is 17.2. The molecule has 0 rings (SSSR count). The van der Waals surface area contributed by atoms with Gasteiger partial charge in [-0.15, -0.1) is 0 Å². The van der Waals surface area contributed by atoms with Crippen molar-refractivity contribution in [2.24, 2.45) is 0 Å². The van der Waals surface area contributed by atoms with Gasteiger partial charge in [-0.2, -0.15) is 0 Å². The van der Waals surface area contributed by atoms with E-state index in [2.05, 4.69) is 12.2 Å². The minimum Gasteiger partial charge on any atom is -0.356 e. The number of hydrogen-bond donors (Lipinski definition) is 3. The molecule has 5 nitrogen and oxygen atoms in total. The Bertz CT molecular complexity index is 299. The molecule has 0 aliphatic carbocycles. The van der Waals surface area contributed by atoms with Crippen LogP contribution in [0.4, 0.5) is 0 Å². The Kier molecular flexibility index (Phi) is 20.1. The van der Waals surface area contributed by atoms with E-state index >= 15 is 0 Å². The summed E-state index contributed by atoms with van der Waals surface area (Å²) in [5, 5.41) is 20.3. The van der Waals surface area contributed by atoms with E-state index < -0.39 is 0 Å². The van der Waals surface area contributed by atoms with Crippen LogP contribution in [0.15, 0.2) is 0 Å². The molecular formula is C21H44N2O3. The van der Waals surface area contributed by atoms with Gasteiger partial charge in [-0.25, -0.2) is 0 Å². The Balaban J connectivity index is 3.14. The topological polar surface area (TPSA) is 72.8 Å². The maximum Gasteiger partial charge on any atom is 0.219 e. The van der Waals surface area contributed by atoms with Crippen LogP contribution in [0.3, 0.4) is 0 Å². The fourth-order valence-corrected chi connectivity index (χ4v) is 3.17. The Morgan fingerprint density at radius 1 is 0.692 bits per heavy atom. The average Bonchev–Trinajstić information content (AvgIpc) is 2.61. The fourth-order valence-electron chi connectivity index (χ4n) is 3.17. The highest BCUT2D eigenvalue weighted by Gasteiger charge is 2.01. The zero-order chi connectivity index (χ0) is 19.3. The third-order valence-corrected chi connectivity index (χ3v) is 4.86. The van der Waals surface area contributed by atoms with E-state index in [1.165, 1.54) is 70.6 Å². The molecule has 5 heteroatoms. The summed E-state index contributed by atoms with van der Waals surface area (Å²) in [4.78, 5) is 11.7. The van der Waals surface area contributed by atoms with Crippen LogP contribution in [0.1, 0.15) is 116 Å². The normalized spacial score (nSPS) is 11.2. The molecule has 0 unspecified atom stereocenters. The van der Waals surface area contributed by atoms with Crippen LogP contribution < -0.4 is 5.32 Å². The number of unbranched alkanes of at least 4 members (excludes halogenated alkanes) is 14. The maximum absolute atomic E-state index is 11.7. The molecule has 0 heterocycles. The second kappa shape index (κ2) is 20.7. The van der Waals surface area contributed by atoms with Crippen LogP contribution in [-0.4, -0.2) is 34.6 Å². The van der Waals surface area contributed by atoms with E-state index in [9.17, 15) is 4.79 Å². The first kappa shape index (κ1) is 25.4. The van der Waals surface area contributed by atoms with Gasteiger partial charge in [0, 0.05) is 13.0 Å². The standard InChI is InChI=1S/C21H44N2O3/c1-2-3-4-5-6-7-8-9-10-11-12-13-15-18-21(24)22-19-16-14-17-20-23(25)26/h25-26H,2-20H2,1H3,(H,22,24). The summed E-state index contributed by atoms with van der Waals surface area (Å²) in [6.07, 6.45) is 20.3. The molecule has 0 saturated heterocycles. The predicted octanol–water partition coefficient (Wildman–Crippen LogP) is 5.83. The monoisotopic (exact) mass is 372 g/mol. The molecule has 0 aromatic carbocycles. The van der Waals surface area contributed by atoms with Crippen molar-refractivity contribution >= 4 is 5.91 Å². The Morgan fingerprint density at radius 3 is 1.65 bits per heavy atom. The Labute approximate surface area is 161 Å². The molecule has 156 valence electrons. The van der Waals surface area contributed by atoms with Crippen molar-refractivity contribution in [3.8, 4) is 0 Å². The van der Waals surface area contributed by atoms with Gasteiger partial charge in [0.05, 0.1) is 6.54 Å². The summed E-state index contributed by atoms with van der Waals surface area (Å²) in [6, 6.07) is 0. The number of carbonyl (C=O) groups is 1. The van der Waals surface area contributed by atoms with Gasteiger partial charge in [0.1, 0.15) is 0 Å². The molecule has 26 heavy (non-hydrogen) atoms. The number of carbonyl (C=O) groups excluding carboxylic acids is 1. The molecule has 0 spiro atoms. The number of rotatable bonds is 20. The first-order valence-corrected chi connectivity index (χ1v) is 11.1. The number of nitrogens with one attached hydrogen (secondary N) is 1. The van der Waals surface area contributed by atoms with Gasteiger partial charge in [-0.1, -0.05) is 95.6 Å². The van der Waals surface area contributed by atoms with Crippen LogP contribution in [0.2, 0.25) is 0 Å². The maximum atomic E-state index is 11.7. The fraction of sp³-hybridized carbons (Fsp3) is 0.952. The zero-order valence-corrected chi connectivity index (χ0v) is 17.2. The molecule has 0 radical (unpaired) electrons. The van der Waals surface area contributed by atoms with Gasteiger partial charge in [-0.3, -0.25) is 15.2 Å². The summed E-state index contributed by atoms with van der Waals surface area (Å²) in [5.41, 5.74) is 0. The highest BCUT2D eigenvalue weighted by molar-refractivity contribution is 5.75. The molecule has 0 aliphatic heterocycles. The lowest BCUT2D eigenvalue weighted by atomic mass is 10.0. The largest absolute Gasteiger partial charge is 0.356 e. The lowest BCUT2D eigenvalue weighted by Crippen LogP contribution is -2.24. The first-order chi connectivity index (χ1) is 12.7. The van der Waals surface area contributed by atoms with E-state index in [-0.39, 0.29) is 17.7 Å². The molecule has 0 aromatic heterocycles. The molecular weight excluding hydrogens is 328 g/mol. The molecule has 0 atom stereocenters. The summed E-state index contributed by atoms with van der Waals surface area (Å²) >= 11 is 0. The van der Waals surface area contributed by atoms with Gasteiger partial charge in [0.2, 0.25) is 5.91 Å². The van der Waals surface area contributed by atoms with E-state index in [4.69, 9.17) is 10.4 Å². The minimum atomic E-state index is 0.152. The van der Waals surface area contributed by atoms with Crippen LogP contribution in [-0.2, 0) is 4.79 Å². The van der Waals surface area contributed by atoms with Crippen molar-refractivity contribution in [1.29, 1.82) is 0 Å². The summed E-state index contributed by atoms with van der Waals surface area (Å²) < 4.78 is 0. The average molecular weight is 373 g/mol. The summed E-state index contributed by atoms with van der Waals surface area (Å²) in [5.74, 6) is 0.152. The first-order valence-electron chi connectivity index (χ1n) is 11.1. The molecule has 0 aromatic rings. The minimum absolute atomic E-state index is 0.152. The molecule has 0 saturated carbocycles. The quantitative estimate of drug-likeness (QED) is 0.185. The molecule has 0 bridgehead atoms. The molecule has 1 amide bonds. The van der Waals surface area contributed by atoms with E-state index in [1.807, 2.05) is 0 Å². The SMILES string of the molecule is CCCCCCCCCCCCCCCC(=O)NCCCCCN(O)O. The van der Waals surface area contributed by atoms with Crippen molar-refractivity contribution in [2.75, 3.05) is 13.1 Å². The number of hydrogen-bond acceptors (Lipinski definition) is 4. The van der Waals surface area contributed by atoms with Crippen LogP contribution >= 0.6 is 0 Å². The van der Waals surface area contributed by atoms with E-state index in [0.717, 1.165) is 32.1 Å². The lowest BCUT2D eigenvalue weighted by Gasteiger charge is -2.07. The second-order valence-corrected chi connectivity index (χ2v) is 7.50. The number of nitrogens with zero attached hydrogens (tertiary/aromatic N) is 1. The van der Waals surface area contributed by atoms with Crippen molar-refractivity contribution in [3.05, 3.63) is 0 Å². The van der Waals surface area contributed by atoms with E-state index in [1.54, 1.807) is 0 Å². The third kappa shape index (κ3) is 21.4. The second-order valence-electron chi connectivity index (χ2n) is 7.50. The van der Waals surface area contributed by atoms with Gasteiger partial charge < -0.3 is 5.32 Å². The van der Waals surface area contributed by atoms with Crippen molar-refractivity contribution < 1.29 is 15.2 Å². The Morgan fingerprint density at radius 2 is 1.15 bits per heavy atom. The predicted molar refractivity (Wildman–Crippen MR) is 107 cm³/mol. The summed E-state index contributed by atoms with van der Waals surface area (Å²) in [6.45, 7) is 3.21. The van der Waals surface area contributed by atoms with Gasteiger partial charge in [0.25, 0.3) is 0 Å². The van der Waals surface area contributed by atoms with E-state index in [0.29, 0.717) is 13.0 Å².